The number of hydrogen-bond donors (Lipinski definition) is 3. The molecule has 0 radical (unpaired) electrons. The zero-order valence-corrected chi connectivity index (χ0v) is 19.9. The molecule has 0 aliphatic heterocycles. The molecule has 1 aromatic rings. The van der Waals surface area contributed by atoms with Crippen molar-refractivity contribution < 1.29 is 14.6 Å². The van der Waals surface area contributed by atoms with Crippen molar-refractivity contribution in [2.75, 3.05) is 26.3 Å². The molecule has 0 amide bonds. The quantitative estimate of drug-likeness (QED) is 0.270. The van der Waals surface area contributed by atoms with Gasteiger partial charge in [0.15, 0.2) is 17.5 Å². The van der Waals surface area contributed by atoms with E-state index in [4.69, 9.17) is 14.5 Å². The number of hydrogen-bond acceptors (Lipinski definition) is 4. The molecule has 0 spiro atoms. The Morgan fingerprint density at radius 1 is 1.18 bits per heavy atom. The number of aliphatic hydroxyl groups excluding tert-OH is 1. The maximum absolute atomic E-state index is 10.0. The number of nitrogens with zero attached hydrogens (tertiary/aromatic N) is 1. The van der Waals surface area contributed by atoms with Crippen LogP contribution in [0.4, 0.5) is 0 Å². The van der Waals surface area contributed by atoms with Gasteiger partial charge in [0.25, 0.3) is 0 Å². The van der Waals surface area contributed by atoms with Crippen molar-refractivity contribution in [2.45, 2.75) is 59.1 Å². The van der Waals surface area contributed by atoms with Crippen molar-refractivity contribution in [2.24, 2.45) is 10.9 Å². The first-order valence-electron chi connectivity index (χ1n) is 10.2. The summed E-state index contributed by atoms with van der Waals surface area (Å²) in [6.45, 7) is 10.7. The monoisotopic (exact) mass is 505 g/mol. The van der Waals surface area contributed by atoms with Gasteiger partial charge in [0.1, 0.15) is 0 Å². The minimum atomic E-state index is -0.214. The first-order chi connectivity index (χ1) is 13.1. The molecule has 0 heterocycles. The van der Waals surface area contributed by atoms with Gasteiger partial charge < -0.3 is 25.2 Å². The lowest BCUT2D eigenvalue weighted by molar-refractivity contribution is 0.136. The number of aliphatic hydroxyl groups is 1. The molecule has 0 aromatic heterocycles. The zero-order chi connectivity index (χ0) is 19.6. The van der Waals surface area contributed by atoms with E-state index in [1.165, 1.54) is 0 Å². The number of ether oxygens (including phenoxy) is 2. The predicted molar refractivity (Wildman–Crippen MR) is 125 cm³/mol. The summed E-state index contributed by atoms with van der Waals surface area (Å²) in [7, 11) is 0. The molecule has 28 heavy (non-hydrogen) atoms. The van der Waals surface area contributed by atoms with E-state index in [0.29, 0.717) is 19.8 Å². The standard InChI is InChI=1S/C21H35N3O3.HI/c1-5-22-21(23-14-17-9-8-10-18(17)25)24-15(4)16-11-12-19(26-6-2)20(13-16)27-7-3;/h11-13,15,17-18,25H,5-10,14H2,1-4H3,(H2,22,23,24);1H. The van der Waals surface area contributed by atoms with Crippen molar-refractivity contribution in [3.63, 3.8) is 0 Å². The molecule has 3 N–H and O–H groups in total. The lowest BCUT2D eigenvalue weighted by Crippen LogP contribution is -2.39. The van der Waals surface area contributed by atoms with Crippen LogP contribution in [0.15, 0.2) is 23.2 Å². The van der Waals surface area contributed by atoms with Crippen molar-refractivity contribution in [1.82, 2.24) is 10.6 Å². The van der Waals surface area contributed by atoms with E-state index in [1.807, 2.05) is 26.0 Å². The molecule has 2 rings (SSSR count). The van der Waals surface area contributed by atoms with Crippen LogP contribution in [0.2, 0.25) is 0 Å². The third kappa shape index (κ3) is 7.31. The van der Waals surface area contributed by atoms with Crippen molar-refractivity contribution >= 4 is 29.9 Å². The van der Waals surface area contributed by atoms with Gasteiger partial charge >= 0.3 is 0 Å². The van der Waals surface area contributed by atoms with Gasteiger partial charge in [0.2, 0.25) is 0 Å². The SMILES string of the molecule is CCNC(=NCC1CCCC1O)NC(C)c1ccc(OCC)c(OCC)c1.I. The number of aliphatic imine (C=N–C) groups is 1. The minimum absolute atomic E-state index is 0. The normalized spacial score (nSPS) is 20.2. The van der Waals surface area contributed by atoms with Gasteiger partial charge in [0, 0.05) is 19.0 Å². The van der Waals surface area contributed by atoms with Crippen LogP contribution in [-0.4, -0.2) is 43.5 Å². The lowest BCUT2D eigenvalue weighted by atomic mass is 10.1. The Hall–Kier alpha value is -1.22. The summed E-state index contributed by atoms with van der Waals surface area (Å²) in [6, 6.07) is 6.10. The fourth-order valence-corrected chi connectivity index (χ4v) is 3.38. The van der Waals surface area contributed by atoms with Crippen molar-refractivity contribution in [3.05, 3.63) is 23.8 Å². The highest BCUT2D eigenvalue weighted by Gasteiger charge is 2.24. The average molecular weight is 505 g/mol. The maximum Gasteiger partial charge on any atom is 0.191 e. The molecule has 1 aliphatic rings. The van der Waals surface area contributed by atoms with E-state index in [9.17, 15) is 5.11 Å². The highest BCUT2D eigenvalue weighted by Crippen LogP contribution is 2.31. The van der Waals surface area contributed by atoms with Crippen LogP contribution >= 0.6 is 24.0 Å². The summed E-state index contributed by atoms with van der Waals surface area (Å²) in [5.74, 6) is 2.58. The predicted octanol–water partition coefficient (Wildman–Crippen LogP) is 3.88. The molecular weight excluding hydrogens is 469 g/mol. The van der Waals surface area contributed by atoms with Crippen LogP contribution < -0.4 is 20.1 Å². The Balaban J connectivity index is 0.00000392. The molecular formula is C21H36IN3O3. The molecule has 0 bridgehead atoms. The van der Waals surface area contributed by atoms with Gasteiger partial charge in [-0.25, -0.2) is 0 Å². The van der Waals surface area contributed by atoms with E-state index >= 15 is 0 Å². The van der Waals surface area contributed by atoms with Crippen LogP contribution in [0.5, 0.6) is 11.5 Å². The Morgan fingerprint density at radius 2 is 1.89 bits per heavy atom. The van der Waals surface area contributed by atoms with Crippen LogP contribution in [0.25, 0.3) is 0 Å². The molecule has 1 fully saturated rings. The first-order valence-corrected chi connectivity index (χ1v) is 10.2. The summed E-state index contributed by atoms with van der Waals surface area (Å²) >= 11 is 0. The first kappa shape index (κ1) is 24.8. The highest BCUT2D eigenvalue weighted by molar-refractivity contribution is 14.0. The second kappa shape index (κ2) is 13.1. The number of rotatable bonds is 9. The molecule has 0 saturated heterocycles. The van der Waals surface area contributed by atoms with Crippen molar-refractivity contribution in [1.29, 1.82) is 0 Å². The topological polar surface area (TPSA) is 75.1 Å². The highest BCUT2D eigenvalue weighted by atomic mass is 127. The van der Waals surface area contributed by atoms with E-state index in [1.54, 1.807) is 0 Å². The minimum Gasteiger partial charge on any atom is -0.490 e. The van der Waals surface area contributed by atoms with Gasteiger partial charge in [-0.1, -0.05) is 12.5 Å². The Bertz CT molecular complexity index is 613. The lowest BCUT2D eigenvalue weighted by Gasteiger charge is -2.21. The van der Waals surface area contributed by atoms with Crippen LogP contribution in [0, 0.1) is 5.92 Å². The van der Waals surface area contributed by atoms with Crippen LogP contribution in [0.3, 0.4) is 0 Å². The summed E-state index contributed by atoms with van der Waals surface area (Å²) in [5, 5.41) is 16.8. The molecule has 1 aliphatic carbocycles. The van der Waals surface area contributed by atoms with E-state index in [-0.39, 0.29) is 42.0 Å². The van der Waals surface area contributed by atoms with Gasteiger partial charge in [-0.2, -0.15) is 0 Å². The third-order valence-corrected chi connectivity index (χ3v) is 4.87. The summed E-state index contributed by atoms with van der Waals surface area (Å²) in [4.78, 5) is 4.70. The molecule has 3 atom stereocenters. The second-order valence-corrected chi connectivity index (χ2v) is 6.92. The summed E-state index contributed by atoms with van der Waals surface area (Å²) < 4.78 is 11.4. The van der Waals surface area contributed by atoms with Gasteiger partial charge in [-0.05, 0) is 58.2 Å². The Labute approximate surface area is 186 Å². The Kier molecular flexibility index (Phi) is 11.6. The molecule has 160 valence electrons. The summed E-state index contributed by atoms with van der Waals surface area (Å²) in [6.07, 6.45) is 2.83. The Morgan fingerprint density at radius 3 is 2.50 bits per heavy atom. The van der Waals surface area contributed by atoms with Gasteiger partial charge in [0.05, 0.1) is 25.4 Å². The van der Waals surface area contributed by atoms with E-state index < -0.39 is 0 Å². The van der Waals surface area contributed by atoms with Gasteiger partial charge in [-0.15, -0.1) is 24.0 Å². The third-order valence-electron chi connectivity index (χ3n) is 4.87. The number of benzene rings is 1. The van der Waals surface area contributed by atoms with Crippen molar-refractivity contribution in [3.8, 4) is 11.5 Å². The number of halogens is 1. The van der Waals surface area contributed by atoms with Crippen LogP contribution in [0.1, 0.15) is 58.6 Å². The molecule has 1 aromatic carbocycles. The molecule has 1 saturated carbocycles. The van der Waals surface area contributed by atoms with Crippen LogP contribution in [-0.2, 0) is 0 Å². The van der Waals surface area contributed by atoms with E-state index in [2.05, 4.69) is 30.5 Å². The number of nitrogens with one attached hydrogen (secondary N) is 2. The van der Waals surface area contributed by atoms with E-state index in [0.717, 1.165) is 48.8 Å². The average Bonchev–Trinajstić information content (AvgIpc) is 3.06. The molecule has 7 heteroatoms. The summed E-state index contributed by atoms with van der Waals surface area (Å²) in [5.41, 5.74) is 1.11. The zero-order valence-electron chi connectivity index (χ0n) is 17.5. The largest absolute Gasteiger partial charge is 0.490 e. The fourth-order valence-electron chi connectivity index (χ4n) is 3.38. The molecule has 3 unspecified atom stereocenters. The number of guanidine groups is 1. The smallest absolute Gasteiger partial charge is 0.191 e. The maximum atomic E-state index is 10.0. The second-order valence-electron chi connectivity index (χ2n) is 6.92. The fraction of sp³-hybridized carbons (Fsp3) is 0.667. The molecule has 6 nitrogen and oxygen atoms in total. The van der Waals surface area contributed by atoms with Gasteiger partial charge in [-0.3, -0.25) is 4.99 Å².